The van der Waals surface area contributed by atoms with Gasteiger partial charge >= 0.3 is 0 Å². The molecule has 1 unspecified atom stereocenters. The summed E-state index contributed by atoms with van der Waals surface area (Å²) in [4.78, 5) is -0.617. The zero-order valence-corrected chi connectivity index (χ0v) is 11.3. The maximum atomic E-state index is 13.7. The van der Waals surface area contributed by atoms with Crippen molar-refractivity contribution >= 4 is 15.7 Å². The molecule has 0 aliphatic heterocycles. The van der Waals surface area contributed by atoms with Crippen molar-refractivity contribution in [3.8, 4) is 0 Å². The van der Waals surface area contributed by atoms with Crippen LogP contribution >= 0.6 is 0 Å². The number of nitrogen functional groups attached to an aromatic ring is 1. The van der Waals surface area contributed by atoms with Crippen LogP contribution in [0, 0.1) is 17.6 Å². The molecular formula is C12H16F2N2O2S. The van der Waals surface area contributed by atoms with Crippen LogP contribution in [0.15, 0.2) is 17.0 Å². The second-order valence-electron chi connectivity index (χ2n) is 4.97. The second kappa shape index (κ2) is 5.05. The molecule has 1 aliphatic rings. The van der Waals surface area contributed by atoms with Crippen molar-refractivity contribution in [3.05, 3.63) is 23.8 Å². The smallest absolute Gasteiger partial charge is 0.243 e. The van der Waals surface area contributed by atoms with E-state index in [-0.39, 0.29) is 6.04 Å². The number of rotatable bonds is 5. The lowest BCUT2D eigenvalue weighted by molar-refractivity contribution is 0.518. The largest absolute Gasteiger partial charge is 0.394 e. The minimum Gasteiger partial charge on any atom is -0.394 e. The molecule has 0 heterocycles. The molecule has 7 heteroatoms. The Kier molecular flexibility index (Phi) is 3.78. The van der Waals surface area contributed by atoms with Crippen molar-refractivity contribution in [2.75, 3.05) is 5.73 Å². The summed E-state index contributed by atoms with van der Waals surface area (Å²) in [6, 6.07) is 1.44. The van der Waals surface area contributed by atoms with E-state index in [2.05, 4.69) is 4.72 Å². The highest BCUT2D eigenvalue weighted by Gasteiger charge is 2.28. The van der Waals surface area contributed by atoms with E-state index < -0.39 is 32.2 Å². The van der Waals surface area contributed by atoms with Gasteiger partial charge in [-0.2, -0.15) is 0 Å². The van der Waals surface area contributed by atoms with E-state index in [0.29, 0.717) is 5.92 Å². The van der Waals surface area contributed by atoms with Gasteiger partial charge in [-0.1, -0.05) is 12.8 Å². The fourth-order valence-electron chi connectivity index (χ4n) is 1.99. The first-order valence-corrected chi connectivity index (χ1v) is 7.55. The Balaban J connectivity index is 2.21. The molecule has 1 atom stereocenters. The molecule has 0 saturated heterocycles. The molecular weight excluding hydrogens is 274 g/mol. The van der Waals surface area contributed by atoms with Gasteiger partial charge in [-0.3, -0.25) is 0 Å². The Morgan fingerprint density at radius 1 is 1.42 bits per heavy atom. The van der Waals surface area contributed by atoms with Crippen LogP contribution in [0.25, 0.3) is 0 Å². The Hall–Kier alpha value is -1.21. The van der Waals surface area contributed by atoms with Gasteiger partial charge in [-0.25, -0.2) is 21.9 Å². The predicted octanol–water partition coefficient (Wildman–Crippen LogP) is 2.01. The highest BCUT2D eigenvalue weighted by atomic mass is 32.2. The standard InChI is InChI=1S/C12H16F2N2O2S/c1-7(6-8-2-3-8)16-19(17,18)10-5-4-9(13)12(15)11(10)14/h4-5,7-8,16H,2-3,6,15H2,1H3. The molecule has 1 fully saturated rings. The van der Waals surface area contributed by atoms with Crippen LogP contribution in [-0.4, -0.2) is 14.5 Å². The van der Waals surface area contributed by atoms with Gasteiger partial charge in [-0.15, -0.1) is 0 Å². The SMILES string of the molecule is CC(CC1CC1)NS(=O)(=O)c1ccc(F)c(N)c1F. The number of benzene rings is 1. The molecule has 0 spiro atoms. The van der Waals surface area contributed by atoms with Gasteiger partial charge in [0.1, 0.15) is 16.4 Å². The third-order valence-corrected chi connectivity index (χ3v) is 4.73. The highest BCUT2D eigenvalue weighted by molar-refractivity contribution is 7.89. The topological polar surface area (TPSA) is 72.2 Å². The molecule has 1 aromatic rings. The fourth-order valence-corrected chi connectivity index (χ4v) is 3.33. The molecule has 19 heavy (non-hydrogen) atoms. The lowest BCUT2D eigenvalue weighted by atomic mass is 10.2. The molecule has 0 amide bonds. The number of nitrogens with one attached hydrogen (secondary N) is 1. The lowest BCUT2D eigenvalue weighted by Gasteiger charge is -2.14. The van der Waals surface area contributed by atoms with Gasteiger partial charge in [-0.05, 0) is 31.4 Å². The van der Waals surface area contributed by atoms with Crippen LogP contribution in [0.5, 0.6) is 0 Å². The first kappa shape index (κ1) is 14.2. The molecule has 1 aromatic carbocycles. The highest BCUT2D eigenvalue weighted by Crippen LogP contribution is 2.33. The van der Waals surface area contributed by atoms with Gasteiger partial charge in [0.15, 0.2) is 5.82 Å². The molecule has 4 nitrogen and oxygen atoms in total. The van der Waals surface area contributed by atoms with Crippen LogP contribution in [0.1, 0.15) is 26.2 Å². The van der Waals surface area contributed by atoms with Gasteiger partial charge in [0, 0.05) is 6.04 Å². The average molecular weight is 290 g/mol. The molecule has 3 N–H and O–H groups in total. The number of hydrogen-bond acceptors (Lipinski definition) is 3. The van der Waals surface area contributed by atoms with E-state index in [0.717, 1.165) is 31.4 Å². The third kappa shape index (κ3) is 3.22. The van der Waals surface area contributed by atoms with Gasteiger partial charge in [0.2, 0.25) is 10.0 Å². The summed E-state index contributed by atoms with van der Waals surface area (Å²) >= 11 is 0. The van der Waals surface area contributed by atoms with Crippen LogP contribution in [0.4, 0.5) is 14.5 Å². The summed E-state index contributed by atoms with van der Waals surface area (Å²) in [7, 11) is -4.02. The Morgan fingerprint density at radius 2 is 2.05 bits per heavy atom. The summed E-state index contributed by atoms with van der Waals surface area (Å²) in [5, 5.41) is 0. The normalized spacial score (nSPS) is 17.4. The van der Waals surface area contributed by atoms with E-state index in [1.54, 1.807) is 6.92 Å². The summed E-state index contributed by atoms with van der Waals surface area (Å²) in [6.07, 6.45) is 2.92. The molecule has 0 radical (unpaired) electrons. The minimum absolute atomic E-state index is 0.289. The van der Waals surface area contributed by atoms with Crippen molar-refractivity contribution in [2.45, 2.75) is 37.1 Å². The zero-order chi connectivity index (χ0) is 14.2. The van der Waals surface area contributed by atoms with E-state index in [1.165, 1.54) is 0 Å². The quantitative estimate of drug-likeness (QED) is 0.815. The monoisotopic (exact) mass is 290 g/mol. The van der Waals surface area contributed by atoms with Crippen molar-refractivity contribution in [1.82, 2.24) is 4.72 Å². The summed E-state index contributed by atoms with van der Waals surface area (Å²) in [5.41, 5.74) is 4.38. The first-order valence-electron chi connectivity index (χ1n) is 6.07. The summed E-state index contributed by atoms with van der Waals surface area (Å²) < 4.78 is 53.1. The maximum Gasteiger partial charge on any atom is 0.243 e. The van der Waals surface area contributed by atoms with Crippen molar-refractivity contribution in [3.63, 3.8) is 0 Å². The van der Waals surface area contributed by atoms with Crippen molar-refractivity contribution in [1.29, 1.82) is 0 Å². The van der Waals surface area contributed by atoms with Crippen LogP contribution < -0.4 is 10.5 Å². The van der Waals surface area contributed by atoms with Crippen LogP contribution in [-0.2, 0) is 10.0 Å². The maximum absolute atomic E-state index is 13.7. The number of hydrogen-bond donors (Lipinski definition) is 2. The fraction of sp³-hybridized carbons (Fsp3) is 0.500. The van der Waals surface area contributed by atoms with Gasteiger partial charge in [0.25, 0.3) is 0 Å². The minimum atomic E-state index is -4.02. The second-order valence-corrected chi connectivity index (χ2v) is 6.66. The van der Waals surface area contributed by atoms with E-state index in [9.17, 15) is 17.2 Å². The summed E-state index contributed by atoms with van der Waals surface area (Å²) in [5.74, 6) is -1.67. The van der Waals surface area contributed by atoms with Gasteiger partial charge in [0.05, 0.1) is 0 Å². The van der Waals surface area contributed by atoms with E-state index in [1.807, 2.05) is 0 Å². The molecule has 2 rings (SSSR count). The van der Waals surface area contributed by atoms with Crippen LogP contribution in [0.2, 0.25) is 0 Å². The van der Waals surface area contributed by atoms with Crippen LogP contribution in [0.3, 0.4) is 0 Å². The number of nitrogens with two attached hydrogens (primary N) is 1. The van der Waals surface area contributed by atoms with Crippen molar-refractivity contribution in [2.24, 2.45) is 5.92 Å². The lowest BCUT2D eigenvalue weighted by Crippen LogP contribution is -2.33. The molecule has 106 valence electrons. The van der Waals surface area contributed by atoms with E-state index >= 15 is 0 Å². The predicted molar refractivity (Wildman–Crippen MR) is 67.9 cm³/mol. The Labute approximate surface area is 111 Å². The Morgan fingerprint density at radius 3 is 2.63 bits per heavy atom. The molecule has 0 bridgehead atoms. The first-order chi connectivity index (χ1) is 8.81. The van der Waals surface area contributed by atoms with Gasteiger partial charge < -0.3 is 5.73 Å². The number of anilines is 1. The number of sulfonamides is 1. The third-order valence-electron chi connectivity index (χ3n) is 3.12. The zero-order valence-electron chi connectivity index (χ0n) is 10.5. The molecule has 0 aromatic heterocycles. The molecule has 1 aliphatic carbocycles. The summed E-state index contributed by atoms with van der Waals surface area (Å²) in [6.45, 7) is 1.72. The van der Waals surface area contributed by atoms with Crippen molar-refractivity contribution < 1.29 is 17.2 Å². The number of halogens is 2. The average Bonchev–Trinajstić information content (AvgIpc) is 3.08. The molecule has 1 saturated carbocycles. The van der Waals surface area contributed by atoms with E-state index in [4.69, 9.17) is 5.73 Å². The Bertz CT molecular complexity index is 586.